The average Bonchev–Trinajstić information content (AvgIpc) is 2.53. The Labute approximate surface area is 131 Å². The van der Waals surface area contributed by atoms with Crippen molar-refractivity contribution in [2.75, 3.05) is 6.54 Å². The van der Waals surface area contributed by atoms with Gasteiger partial charge in [-0.3, -0.25) is 15.1 Å². The molecule has 0 aliphatic carbocycles. The Balaban J connectivity index is 2.58. The number of nitrogens with two attached hydrogens (primary N) is 1. The van der Waals surface area contributed by atoms with Gasteiger partial charge in [0.2, 0.25) is 0 Å². The molecule has 0 spiro atoms. The summed E-state index contributed by atoms with van der Waals surface area (Å²) in [5, 5.41) is 9.25. The minimum Gasteiger partial charge on any atom is -0.508 e. The van der Waals surface area contributed by atoms with E-state index >= 15 is 0 Å². The molecule has 0 heterocycles. The maximum absolute atomic E-state index is 12.4. The zero-order chi connectivity index (χ0) is 16.4. The van der Waals surface area contributed by atoms with Crippen LogP contribution in [0.25, 0.3) is 0 Å². The van der Waals surface area contributed by atoms with E-state index in [1.165, 1.54) is 43.5 Å². The first kappa shape index (κ1) is 18.0. The molecule has 0 aliphatic rings. The number of hydrogen-bond donors (Lipinski definition) is 3. The number of unbranched alkanes of at least 4 members (excludes halogenated alkanes) is 5. The van der Waals surface area contributed by atoms with E-state index < -0.39 is 11.9 Å². The van der Waals surface area contributed by atoms with E-state index in [0.717, 1.165) is 24.2 Å². The van der Waals surface area contributed by atoms with Crippen molar-refractivity contribution in [1.82, 2.24) is 10.3 Å². The summed E-state index contributed by atoms with van der Waals surface area (Å²) >= 11 is 0. The van der Waals surface area contributed by atoms with Crippen molar-refractivity contribution in [3.05, 3.63) is 29.8 Å². The molecule has 0 saturated heterocycles. The topological polar surface area (TPSA) is 95.7 Å². The summed E-state index contributed by atoms with van der Waals surface area (Å²) in [5.74, 6) is 4.80. The molecule has 0 unspecified atom stereocenters. The number of carbonyl (C=O) groups excluding carboxylic acids is 2. The lowest BCUT2D eigenvalue weighted by molar-refractivity contribution is 0.0798. The Kier molecular flexibility index (Phi) is 7.99. The first-order valence-corrected chi connectivity index (χ1v) is 7.71. The molecule has 3 amide bonds. The second kappa shape index (κ2) is 9.78. The predicted octanol–water partition coefficient (Wildman–Crippen LogP) is 2.78. The van der Waals surface area contributed by atoms with Crippen LogP contribution in [0.2, 0.25) is 0 Å². The number of benzene rings is 1. The Morgan fingerprint density at radius 1 is 1.09 bits per heavy atom. The van der Waals surface area contributed by atoms with Crippen molar-refractivity contribution in [3.8, 4) is 5.75 Å². The lowest BCUT2D eigenvalue weighted by Gasteiger charge is -2.20. The number of hydrogen-bond acceptors (Lipinski definition) is 4. The summed E-state index contributed by atoms with van der Waals surface area (Å²) in [5.41, 5.74) is 2.35. The summed E-state index contributed by atoms with van der Waals surface area (Å²) in [7, 11) is 0. The fourth-order valence-electron chi connectivity index (χ4n) is 2.18. The number of nitrogens with one attached hydrogen (secondary N) is 1. The highest BCUT2D eigenvalue weighted by molar-refractivity contribution is 6.04. The molecule has 0 aromatic heterocycles. The Hall–Kier alpha value is -2.08. The van der Waals surface area contributed by atoms with E-state index in [4.69, 9.17) is 5.84 Å². The maximum atomic E-state index is 12.4. The standard InChI is InChI=1S/C16H25N3O3/c1-2-3-4-5-6-7-12-19(16(22)18-17)15(21)13-8-10-14(20)11-9-13/h8-11,20H,2-7,12,17H2,1H3,(H,18,22). The van der Waals surface area contributed by atoms with Crippen molar-refractivity contribution < 1.29 is 14.7 Å². The summed E-state index contributed by atoms with van der Waals surface area (Å²) < 4.78 is 0. The molecular weight excluding hydrogens is 282 g/mol. The summed E-state index contributed by atoms with van der Waals surface area (Å²) in [4.78, 5) is 25.2. The third-order valence-electron chi connectivity index (χ3n) is 3.46. The zero-order valence-corrected chi connectivity index (χ0v) is 13.0. The summed E-state index contributed by atoms with van der Waals surface area (Å²) in [6.07, 6.45) is 6.38. The molecule has 122 valence electrons. The fraction of sp³-hybridized carbons (Fsp3) is 0.500. The van der Waals surface area contributed by atoms with Crippen molar-refractivity contribution in [3.63, 3.8) is 0 Å². The van der Waals surface area contributed by atoms with Gasteiger partial charge in [-0.25, -0.2) is 10.6 Å². The predicted molar refractivity (Wildman–Crippen MR) is 85.2 cm³/mol. The third-order valence-corrected chi connectivity index (χ3v) is 3.46. The number of imide groups is 1. The van der Waals surface area contributed by atoms with Crippen LogP contribution in [0.15, 0.2) is 24.3 Å². The van der Waals surface area contributed by atoms with Crippen LogP contribution in [0, 0.1) is 0 Å². The molecular formula is C16H25N3O3. The minimum atomic E-state index is -0.619. The lowest BCUT2D eigenvalue weighted by atomic mass is 10.1. The van der Waals surface area contributed by atoms with Gasteiger partial charge in [-0.1, -0.05) is 39.0 Å². The Morgan fingerprint density at radius 3 is 2.27 bits per heavy atom. The van der Waals surface area contributed by atoms with E-state index in [1.54, 1.807) is 0 Å². The lowest BCUT2D eigenvalue weighted by Crippen LogP contribution is -2.47. The third kappa shape index (κ3) is 5.73. The van der Waals surface area contributed by atoms with E-state index in [9.17, 15) is 14.7 Å². The van der Waals surface area contributed by atoms with Gasteiger partial charge in [-0.2, -0.15) is 0 Å². The van der Waals surface area contributed by atoms with E-state index in [1.807, 2.05) is 5.43 Å². The van der Waals surface area contributed by atoms with E-state index in [-0.39, 0.29) is 5.75 Å². The monoisotopic (exact) mass is 307 g/mol. The molecule has 22 heavy (non-hydrogen) atoms. The number of rotatable bonds is 8. The molecule has 1 aromatic rings. The molecule has 0 atom stereocenters. The van der Waals surface area contributed by atoms with E-state index in [0.29, 0.717) is 12.1 Å². The van der Waals surface area contributed by atoms with Gasteiger partial charge in [-0.05, 0) is 30.7 Å². The van der Waals surface area contributed by atoms with Gasteiger partial charge < -0.3 is 5.11 Å². The van der Waals surface area contributed by atoms with Gasteiger partial charge in [0.1, 0.15) is 5.75 Å². The first-order valence-electron chi connectivity index (χ1n) is 7.71. The van der Waals surface area contributed by atoms with Gasteiger partial charge in [0.15, 0.2) is 0 Å². The molecule has 0 fully saturated rings. The number of aromatic hydroxyl groups is 1. The normalized spacial score (nSPS) is 10.3. The van der Waals surface area contributed by atoms with Crippen LogP contribution in [0.1, 0.15) is 55.8 Å². The van der Waals surface area contributed by atoms with Crippen molar-refractivity contribution in [1.29, 1.82) is 0 Å². The highest BCUT2D eigenvalue weighted by Crippen LogP contribution is 2.13. The molecule has 0 aliphatic heterocycles. The van der Waals surface area contributed by atoms with Crippen LogP contribution < -0.4 is 11.3 Å². The highest BCUT2D eigenvalue weighted by atomic mass is 16.3. The average molecular weight is 307 g/mol. The van der Waals surface area contributed by atoms with Crippen LogP contribution >= 0.6 is 0 Å². The molecule has 0 bridgehead atoms. The molecule has 1 aromatic carbocycles. The van der Waals surface area contributed by atoms with Gasteiger partial charge in [0.05, 0.1) is 0 Å². The largest absolute Gasteiger partial charge is 0.508 e. The van der Waals surface area contributed by atoms with Gasteiger partial charge in [0, 0.05) is 12.1 Å². The van der Waals surface area contributed by atoms with Crippen molar-refractivity contribution in [2.24, 2.45) is 5.84 Å². The smallest absolute Gasteiger partial charge is 0.338 e. The fourth-order valence-corrected chi connectivity index (χ4v) is 2.18. The number of amides is 3. The number of carbonyl (C=O) groups is 2. The molecule has 0 saturated carbocycles. The zero-order valence-electron chi connectivity index (χ0n) is 13.0. The number of phenols is 1. The van der Waals surface area contributed by atoms with Crippen molar-refractivity contribution in [2.45, 2.75) is 45.4 Å². The SMILES string of the molecule is CCCCCCCCN(C(=O)NN)C(=O)c1ccc(O)cc1. The maximum Gasteiger partial charge on any atom is 0.338 e. The Morgan fingerprint density at radius 2 is 1.68 bits per heavy atom. The number of urea groups is 1. The first-order chi connectivity index (χ1) is 10.6. The van der Waals surface area contributed by atoms with Gasteiger partial charge in [-0.15, -0.1) is 0 Å². The summed E-state index contributed by atoms with van der Waals surface area (Å²) in [6, 6.07) is 5.17. The van der Waals surface area contributed by atoms with Crippen LogP contribution in [0.4, 0.5) is 4.79 Å². The molecule has 6 heteroatoms. The molecule has 1 rings (SSSR count). The minimum absolute atomic E-state index is 0.0716. The van der Waals surface area contributed by atoms with Crippen LogP contribution in [-0.2, 0) is 0 Å². The van der Waals surface area contributed by atoms with Gasteiger partial charge >= 0.3 is 6.03 Å². The number of hydrazine groups is 1. The van der Waals surface area contributed by atoms with E-state index in [2.05, 4.69) is 6.92 Å². The number of phenolic OH excluding ortho intramolecular Hbond substituents is 1. The van der Waals surface area contributed by atoms with Crippen molar-refractivity contribution >= 4 is 11.9 Å². The van der Waals surface area contributed by atoms with Crippen LogP contribution in [0.5, 0.6) is 5.75 Å². The van der Waals surface area contributed by atoms with Crippen LogP contribution in [0.3, 0.4) is 0 Å². The summed E-state index contributed by atoms with van der Waals surface area (Å²) in [6.45, 7) is 2.48. The van der Waals surface area contributed by atoms with Gasteiger partial charge in [0.25, 0.3) is 5.91 Å². The highest BCUT2D eigenvalue weighted by Gasteiger charge is 2.21. The quantitative estimate of drug-likeness (QED) is 0.298. The number of nitrogens with zero attached hydrogens (tertiary/aromatic N) is 1. The molecule has 4 N–H and O–H groups in total. The second-order valence-electron chi connectivity index (χ2n) is 5.22. The molecule has 0 radical (unpaired) electrons. The Bertz CT molecular complexity index is 474. The second-order valence-corrected chi connectivity index (χ2v) is 5.22. The van der Waals surface area contributed by atoms with Crippen LogP contribution in [-0.4, -0.2) is 28.5 Å². The molecule has 6 nitrogen and oxygen atoms in total.